The second-order valence-electron chi connectivity index (χ2n) is 3.68. The molecule has 0 aliphatic rings. The molecule has 1 atom stereocenters. The van der Waals surface area contributed by atoms with Crippen LogP contribution in [0.1, 0.15) is 17.2 Å². The van der Waals surface area contributed by atoms with Crippen LogP contribution in [0.15, 0.2) is 48.8 Å². The normalized spacial score (nSPS) is 12.4. The molecule has 1 aromatic heterocycles. The van der Waals surface area contributed by atoms with Gasteiger partial charge in [0.25, 0.3) is 0 Å². The zero-order valence-electron chi connectivity index (χ0n) is 8.81. The monoisotopic (exact) mass is 232 g/mol. The maximum absolute atomic E-state index is 6.11. The Morgan fingerprint density at radius 1 is 1.12 bits per heavy atom. The van der Waals surface area contributed by atoms with Crippen molar-refractivity contribution in [3.63, 3.8) is 0 Å². The molecule has 0 bridgehead atoms. The lowest BCUT2D eigenvalue weighted by molar-refractivity contribution is 0.720. The van der Waals surface area contributed by atoms with Crippen LogP contribution < -0.4 is 5.73 Å². The molecule has 0 radical (unpaired) electrons. The summed E-state index contributed by atoms with van der Waals surface area (Å²) in [6.45, 7) is 0. The van der Waals surface area contributed by atoms with Crippen LogP contribution in [-0.4, -0.2) is 4.98 Å². The van der Waals surface area contributed by atoms with Crippen molar-refractivity contribution in [2.45, 2.75) is 12.5 Å². The van der Waals surface area contributed by atoms with Gasteiger partial charge in [-0.05, 0) is 35.7 Å². The highest BCUT2D eigenvalue weighted by molar-refractivity contribution is 6.31. The second kappa shape index (κ2) is 5.10. The topological polar surface area (TPSA) is 38.9 Å². The number of nitrogens with two attached hydrogens (primary N) is 1. The Labute approximate surface area is 100 Å². The molecule has 0 spiro atoms. The molecular formula is C13H13ClN2. The van der Waals surface area contributed by atoms with Crippen molar-refractivity contribution in [1.29, 1.82) is 0 Å². The van der Waals surface area contributed by atoms with E-state index in [1.54, 1.807) is 12.4 Å². The summed E-state index contributed by atoms with van der Waals surface area (Å²) >= 11 is 6.09. The third-order valence-electron chi connectivity index (χ3n) is 2.53. The minimum Gasteiger partial charge on any atom is -0.324 e. The average molecular weight is 233 g/mol. The summed E-state index contributed by atoms with van der Waals surface area (Å²) in [7, 11) is 0. The van der Waals surface area contributed by atoms with Crippen LogP contribution in [0.5, 0.6) is 0 Å². The molecule has 1 heterocycles. The van der Waals surface area contributed by atoms with Gasteiger partial charge in [-0.2, -0.15) is 0 Å². The number of benzene rings is 1. The fourth-order valence-electron chi connectivity index (χ4n) is 1.63. The van der Waals surface area contributed by atoms with Gasteiger partial charge in [0.2, 0.25) is 0 Å². The lowest BCUT2D eigenvalue weighted by Crippen LogP contribution is -2.13. The predicted molar refractivity (Wildman–Crippen MR) is 66.3 cm³/mol. The third kappa shape index (κ3) is 2.60. The van der Waals surface area contributed by atoms with Crippen molar-refractivity contribution in [3.8, 4) is 0 Å². The number of halogens is 1. The Balaban J connectivity index is 2.14. The molecule has 2 N–H and O–H groups in total. The van der Waals surface area contributed by atoms with Gasteiger partial charge in [0.15, 0.2) is 0 Å². The molecule has 0 aliphatic carbocycles. The molecule has 3 heteroatoms. The summed E-state index contributed by atoms with van der Waals surface area (Å²) < 4.78 is 0. The van der Waals surface area contributed by atoms with E-state index >= 15 is 0 Å². The largest absolute Gasteiger partial charge is 0.324 e. The van der Waals surface area contributed by atoms with Gasteiger partial charge in [-0.25, -0.2) is 0 Å². The van der Waals surface area contributed by atoms with E-state index in [1.165, 1.54) is 0 Å². The second-order valence-corrected chi connectivity index (χ2v) is 4.09. The van der Waals surface area contributed by atoms with E-state index in [0.29, 0.717) is 0 Å². The van der Waals surface area contributed by atoms with E-state index in [0.717, 1.165) is 22.6 Å². The predicted octanol–water partition coefficient (Wildman–Crippen LogP) is 2.98. The number of pyridine rings is 1. The SMILES string of the molecule is NC(Cc1ccccc1Cl)c1ccncc1. The Kier molecular flexibility index (Phi) is 3.54. The molecule has 0 aliphatic heterocycles. The molecule has 1 unspecified atom stereocenters. The van der Waals surface area contributed by atoms with Gasteiger partial charge in [-0.1, -0.05) is 29.8 Å². The van der Waals surface area contributed by atoms with Crippen molar-refractivity contribution in [2.75, 3.05) is 0 Å². The van der Waals surface area contributed by atoms with Crippen molar-refractivity contribution in [1.82, 2.24) is 4.98 Å². The lowest BCUT2D eigenvalue weighted by Gasteiger charge is -2.12. The first kappa shape index (κ1) is 11.1. The van der Waals surface area contributed by atoms with Crippen LogP contribution >= 0.6 is 11.6 Å². The van der Waals surface area contributed by atoms with Gasteiger partial charge < -0.3 is 5.73 Å². The highest BCUT2D eigenvalue weighted by Gasteiger charge is 2.08. The van der Waals surface area contributed by atoms with Gasteiger partial charge in [0.1, 0.15) is 0 Å². The zero-order chi connectivity index (χ0) is 11.4. The summed E-state index contributed by atoms with van der Waals surface area (Å²) in [6.07, 6.45) is 4.24. The van der Waals surface area contributed by atoms with Crippen LogP contribution in [0.25, 0.3) is 0 Å². The zero-order valence-corrected chi connectivity index (χ0v) is 9.56. The van der Waals surface area contributed by atoms with Gasteiger partial charge in [0, 0.05) is 23.5 Å². The lowest BCUT2D eigenvalue weighted by atomic mass is 10.0. The quantitative estimate of drug-likeness (QED) is 0.884. The van der Waals surface area contributed by atoms with Gasteiger partial charge >= 0.3 is 0 Å². The van der Waals surface area contributed by atoms with Crippen LogP contribution in [0.2, 0.25) is 5.02 Å². The molecule has 2 aromatic rings. The summed E-state index contributed by atoms with van der Waals surface area (Å²) in [5.74, 6) is 0. The van der Waals surface area contributed by atoms with E-state index in [4.69, 9.17) is 17.3 Å². The first-order valence-electron chi connectivity index (χ1n) is 5.16. The molecular weight excluding hydrogens is 220 g/mol. The fourth-order valence-corrected chi connectivity index (χ4v) is 1.84. The van der Waals surface area contributed by atoms with Crippen LogP contribution in [0.3, 0.4) is 0 Å². The van der Waals surface area contributed by atoms with Crippen molar-refractivity contribution in [2.24, 2.45) is 5.73 Å². The third-order valence-corrected chi connectivity index (χ3v) is 2.90. The summed E-state index contributed by atoms with van der Waals surface area (Å²) in [5.41, 5.74) is 8.27. The fraction of sp³-hybridized carbons (Fsp3) is 0.154. The first-order valence-corrected chi connectivity index (χ1v) is 5.54. The molecule has 2 nitrogen and oxygen atoms in total. The van der Waals surface area contributed by atoms with E-state index < -0.39 is 0 Å². The minimum absolute atomic E-state index is 0.0390. The Morgan fingerprint density at radius 2 is 1.81 bits per heavy atom. The van der Waals surface area contributed by atoms with E-state index in [2.05, 4.69) is 4.98 Å². The van der Waals surface area contributed by atoms with Crippen molar-refractivity contribution < 1.29 is 0 Å². The molecule has 0 saturated carbocycles. The van der Waals surface area contributed by atoms with Gasteiger partial charge in [0.05, 0.1) is 0 Å². The molecule has 1 aromatic carbocycles. The van der Waals surface area contributed by atoms with E-state index in [-0.39, 0.29) is 6.04 Å². The summed E-state index contributed by atoms with van der Waals surface area (Å²) in [6, 6.07) is 11.6. The Morgan fingerprint density at radius 3 is 2.50 bits per heavy atom. The highest BCUT2D eigenvalue weighted by atomic mass is 35.5. The molecule has 0 fully saturated rings. The van der Waals surface area contributed by atoms with Crippen molar-refractivity contribution in [3.05, 3.63) is 64.9 Å². The van der Waals surface area contributed by atoms with Gasteiger partial charge in [-0.15, -0.1) is 0 Å². The number of hydrogen-bond donors (Lipinski definition) is 1. The minimum atomic E-state index is -0.0390. The average Bonchev–Trinajstić information content (AvgIpc) is 2.33. The van der Waals surface area contributed by atoms with Crippen LogP contribution in [0.4, 0.5) is 0 Å². The smallest absolute Gasteiger partial charge is 0.0438 e. The summed E-state index contributed by atoms with van der Waals surface area (Å²) in [5, 5.41) is 0.770. The highest BCUT2D eigenvalue weighted by Crippen LogP contribution is 2.21. The Hall–Kier alpha value is -1.38. The van der Waals surface area contributed by atoms with Crippen molar-refractivity contribution >= 4 is 11.6 Å². The Bertz CT molecular complexity index is 456. The molecule has 82 valence electrons. The standard InChI is InChI=1S/C13H13ClN2/c14-12-4-2-1-3-11(12)9-13(15)10-5-7-16-8-6-10/h1-8,13H,9,15H2. The summed E-state index contributed by atoms with van der Waals surface area (Å²) in [4.78, 5) is 3.97. The van der Waals surface area contributed by atoms with E-state index in [9.17, 15) is 0 Å². The van der Waals surface area contributed by atoms with Crippen LogP contribution in [-0.2, 0) is 6.42 Å². The molecule has 16 heavy (non-hydrogen) atoms. The molecule has 2 rings (SSSR count). The van der Waals surface area contributed by atoms with E-state index in [1.807, 2.05) is 36.4 Å². The van der Waals surface area contributed by atoms with Gasteiger partial charge in [-0.3, -0.25) is 4.98 Å². The number of hydrogen-bond acceptors (Lipinski definition) is 2. The number of nitrogens with zero attached hydrogens (tertiary/aromatic N) is 1. The molecule has 0 saturated heterocycles. The first-order chi connectivity index (χ1) is 7.77. The number of aromatic nitrogens is 1. The van der Waals surface area contributed by atoms with Crippen LogP contribution in [0, 0.1) is 0 Å². The molecule has 0 amide bonds. The maximum Gasteiger partial charge on any atom is 0.0438 e. The number of rotatable bonds is 3. The maximum atomic E-state index is 6.11.